The molecule has 1 aromatic heterocycles. The summed E-state index contributed by atoms with van der Waals surface area (Å²) in [5.74, 6) is -0.247. The van der Waals surface area contributed by atoms with E-state index in [2.05, 4.69) is 4.98 Å². The number of hydrogen-bond donors (Lipinski definition) is 1. The quantitative estimate of drug-likeness (QED) is 0.795. The highest BCUT2D eigenvalue weighted by atomic mass is 32.1. The van der Waals surface area contributed by atoms with Crippen LogP contribution in [-0.4, -0.2) is 24.1 Å². The van der Waals surface area contributed by atoms with E-state index in [1.807, 2.05) is 19.2 Å². The molecule has 1 heterocycles. The molecule has 0 spiro atoms. The number of thiazole rings is 1. The number of hydrogen-bond acceptors (Lipinski definition) is 5. The number of ether oxygens (including phenoxy) is 1. The largest absolute Gasteiger partial charge is 0.466 e. The molecule has 4 nitrogen and oxygen atoms in total. The molecule has 0 fully saturated rings. The second kappa shape index (κ2) is 5.41. The molecule has 0 radical (unpaired) electrons. The molecule has 0 aliphatic heterocycles. The fraction of sp³-hybridized carbons (Fsp3) is 0.636. The lowest BCUT2D eigenvalue weighted by Gasteiger charge is -2.24. The molecule has 0 aromatic carbocycles. The Morgan fingerprint density at radius 2 is 2.38 bits per heavy atom. The van der Waals surface area contributed by atoms with E-state index in [1.165, 1.54) is 0 Å². The van der Waals surface area contributed by atoms with E-state index in [4.69, 9.17) is 10.5 Å². The van der Waals surface area contributed by atoms with Gasteiger partial charge in [0, 0.05) is 18.3 Å². The standard InChI is InChI=1S/C11H18N2O2S/c1-4-15-10(14)11(3,7-12)5-9-6-16-8(2)13-9/h6H,4-5,7,12H2,1-3H3. The topological polar surface area (TPSA) is 65.2 Å². The van der Waals surface area contributed by atoms with Gasteiger partial charge >= 0.3 is 5.97 Å². The third kappa shape index (κ3) is 3.02. The van der Waals surface area contributed by atoms with E-state index in [9.17, 15) is 4.79 Å². The first-order valence-electron chi connectivity index (χ1n) is 5.30. The zero-order chi connectivity index (χ0) is 12.2. The highest BCUT2D eigenvalue weighted by Crippen LogP contribution is 2.24. The summed E-state index contributed by atoms with van der Waals surface area (Å²) in [6.45, 7) is 6.20. The summed E-state index contributed by atoms with van der Waals surface area (Å²) in [7, 11) is 0. The van der Waals surface area contributed by atoms with Gasteiger partial charge in [-0.15, -0.1) is 11.3 Å². The van der Waals surface area contributed by atoms with Gasteiger partial charge in [-0.2, -0.15) is 0 Å². The molecule has 0 aliphatic rings. The third-order valence-corrected chi connectivity index (χ3v) is 3.28. The minimum Gasteiger partial charge on any atom is -0.466 e. The minimum absolute atomic E-state index is 0.247. The molecule has 16 heavy (non-hydrogen) atoms. The van der Waals surface area contributed by atoms with E-state index in [0.29, 0.717) is 13.0 Å². The Morgan fingerprint density at radius 3 is 2.81 bits per heavy atom. The van der Waals surface area contributed by atoms with E-state index < -0.39 is 5.41 Å². The van der Waals surface area contributed by atoms with Crippen LogP contribution in [0.1, 0.15) is 24.5 Å². The predicted octanol–water partition coefficient (Wildman–Crippen LogP) is 1.52. The van der Waals surface area contributed by atoms with Crippen molar-refractivity contribution in [2.75, 3.05) is 13.2 Å². The summed E-state index contributed by atoms with van der Waals surface area (Å²) in [5, 5.41) is 2.96. The van der Waals surface area contributed by atoms with Crippen LogP contribution >= 0.6 is 11.3 Å². The zero-order valence-corrected chi connectivity index (χ0v) is 10.8. The fourth-order valence-electron chi connectivity index (χ4n) is 1.42. The van der Waals surface area contributed by atoms with E-state index in [1.54, 1.807) is 18.3 Å². The molecule has 90 valence electrons. The molecule has 0 bridgehead atoms. The first kappa shape index (κ1) is 13.1. The highest BCUT2D eigenvalue weighted by Gasteiger charge is 2.34. The monoisotopic (exact) mass is 242 g/mol. The fourth-order valence-corrected chi connectivity index (χ4v) is 2.03. The number of nitrogens with zero attached hydrogens (tertiary/aromatic N) is 1. The Balaban J connectivity index is 2.77. The van der Waals surface area contributed by atoms with Gasteiger partial charge < -0.3 is 10.5 Å². The maximum atomic E-state index is 11.8. The van der Waals surface area contributed by atoms with Crippen molar-refractivity contribution in [2.24, 2.45) is 11.1 Å². The first-order chi connectivity index (χ1) is 7.51. The lowest BCUT2D eigenvalue weighted by Crippen LogP contribution is -2.39. The second-order valence-corrected chi connectivity index (χ2v) is 5.08. The van der Waals surface area contributed by atoms with E-state index in [-0.39, 0.29) is 12.5 Å². The van der Waals surface area contributed by atoms with Crippen molar-refractivity contribution in [1.29, 1.82) is 0 Å². The number of aryl methyl sites for hydroxylation is 1. The van der Waals surface area contributed by atoms with Gasteiger partial charge in [0.05, 0.1) is 22.7 Å². The molecule has 0 aliphatic carbocycles. The number of aromatic nitrogens is 1. The van der Waals surface area contributed by atoms with Gasteiger partial charge in [0.2, 0.25) is 0 Å². The average Bonchev–Trinajstić information content (AvgIpc) is 2.64. The average molecular weight is 242 g/mol. The molecule has 0 saturated carbocycles. The van der Waals surface area contributed by atoms with Crippen LogP contribution in [0.5, 0.6) is 0 Å². The number of carbonyl (C=O) groups excluding carboxylic acids is 1. The molecule has 1 rings (SSSR count). The number of carbonyl (C=O) groups is 1. The Kier molecular flexibility index (Phi) is 4.44. The van der Waals surface area contributed by atoms with Gasteiger partial charge in [-0.3, -0.25) is 4.79 Å². The van der Waals surface area contributed by atoms with Crippen LogP contribution in [0.3, 0.4) is 0 Å². The van der Waals surface area contributed by atoms with Gasteiger partial charge in [0.1, 0.15) is 0 Å². The van der Waals surface area contributed by atoms with Crippen molar-refractivity contribution < 1.29 is 9.53 Å². The summed E-state index contributed by atoms with van der Waals surface area (Å²) < 4.78 is 5.03. The van der Waals surface area contributed by atoms with Crippen molar-refractivity contribution in [3.05, 3.63) is 16.1 Å². The second-order valence-electron chi connectivity index (χ2n) is 4.02. The van der Waals surface area contributed by atoms with Crippen LogP contribution in [0, 0.1) is 12.3 Å². The van der Waals surface area contributed by atoms with Crippen molar-refractivity contribution in [1.82, 2.24) is 4.98 Å². The van der Waals surface area contributed by atoms with Gasteiger partial charge in [0.25, 0.3) is 0 Å². The normalized spacial score (nSPS) is 14.5. The van der Waals surface area contributed by atoms with Gasteiger partial charge in [-0.1, -0.05) is 0 Å². The molecule has 0 amide bonds. The van der Waals surface area contributed by atoms with Crippen LogP contribution in [-0.2, 0) is 16.0 Å². The summed E-state index contributed by atoms with van der Waals surface area (Å²) in [5.41, 5.74) is 5.90. The van der Waals surface area contributed by atoms with Crippen LogP contribution in [0.2, 0.25) is 0 Å². The van der Waals surface area contributed by atoms with Gasteiger partial charge in [-0.05, 0) is 20.8 Å². The molecule has 1 unspecified atom stereocenters. The predicted molar refractivity (Wildman–Crippen MR) is 64.3 cm³/mol. The third-order valence-electron chi connectivity index (χ3n) is 2.46. The lowest BCUT2D eigenvalue weighted by atomic mass is 9.86. The van der Waals surface area contributed by atoms with Gasteiger partial charge in [-0.25, -0.2) is 4.98 Å². The minimum atomic E-state index is -0.670. The van der Waals surface area contributed by atoms with Crippen molar-refractivity contribution >= 4 is 17.3 Å². The first-order valence-corrected chi connectivity index (χ1v) is 6.18. The molecule has 1 atom stereocenters. The van der Waals surface area contributed by atoms with Crippen molar-refractivity contribution in [3.63, 3.8) is 0 Å². The number of esters is 1. The number of rotatable bonds is 5. The maximum absolute atomic E-state index is 11.8. The lowest BCUT2D eigenvalue weighted by molar-refractivity contribution is -0.153. The Morgan fingerprint density at radius 1 is 1.69 bits per heavy atom. The highest BCUT2D eigenvalue weighted by molar-refractivity contribution is 7.09. The van der Waals surface area contributed by atoms with Crippen LogP contribution in [0.15, 0.2) is 5.38 Å². The van der Waals surface area contributed by atoms with Crippen molar-refractivity contribution in [2.45, 2.75) is 27.2 Å². The summed E-state index contributed by atoms with van der Waals surface area (Å²) in [4.78, 5) is 16.1. The van der Waals surface area contributed by atoms with E-state index in [0.717, 1.165) is 10.7 Å². The smallest absolute Gasteiger partial charge is 0.313 e. The van der Waals surface area contributed by atoms with Crippen molar-refractivity contribution in [3.8, 4) is 0 Å². The molecular formula is C11H18N2O2S. The molecule has 2 N–H and O–H groups in total. The summed E-state index contributed by atoms with van der Waals surface area (Å²) >= 11 is 1.58. The molecular weight excluding hydrogens is 224 g/mol. The Hall–Kier alpha value is -0.940. The summed E-state index contributed by atoms with van der Waals surface area (Å²) in [6.07, 6.45) is 0.534. The molecule has 5 heteroatoms. The van der Waals surface area contributed by atoms with E-state index >= 15 is 0 Å². The zero-order valence-electron chi connectivity index (χ0n) is 9.95. The van der Waals surface area contributed by atoms with Crippen LogP contribution in [0.25, 0.3) is 0 Å². The molecule has 1 aromatic rings. The number of nitrogens with two attached hydrogens (primary N) is 1. The Bertz CT molecular complexity index is 365. The SMILES string of the molecule is CCOC(=O)C(C)(CN)Cc1csc(C)n1. The van der Waals surface area contributed by atoms with Crippen LogP contribution < -0.4 is 5.73 Å². The summed E-state index contributed by atoms with van der Waals surface area (Å²) in [6, 6.07) is 0. The maximum Gasteiger partial charge on any atom is 0.313 e. The molecule has 0 saturated heterocycles. The van der Waals surface area contributed by atoms with Crippen LogP contribution in [0.4, 0.5) is 0 Å². The van der Waals surface area contributed by atoms with Gasteiger partial charge in [0.15, 0.2) is 0 Å². The Labute approximate surface area is 99.8 Å².